The zero-order chi connectivity index (χ0) is 17.8. The van der Waals surface area contributed by atoms with Gasteiger partial charge in [-0.15, -0.1) is 0 Å². The average Bonchev–Trinajstić information content (AvgIpc) is 2.62. The maximum absolute atomic E-state index is 12.7. The molecule has 0 aliphatic carbocycles. The Bertz CT molecular complexity index is 762. The van der Waals surface area contributed by atoms with E-state index in [0.29, 0.717) is 12.1 Å². The number of nitrogens with one attached hydrogen (secondary N) is 1. The third kappa shape index (κ3) is 4.14. The second-order valence-electron chi connectivity index (χ2n) is 6.69. The molecule has 25 heavy (non-hydrogen) atoms. The zero-order valence-electron chi connectivity index (χ0n) is 14.7. The van der Waals surface area contributed by atoms with E-state index in [1.807, 2.05) is 24.3 Å². The third-order valence-electron chi connectivity index (χ3n) is 4.67. The normalized spacial score (nSPS) is 15.9. The average molecular weight is 340 g/mol. The minimum atomic E-state index is -0.0542. The summed E-state index contributed by atoms with van der Waals surface area (Å²) >= 11 is 0. The summed E-state index contributed by atoms with van der Waals surface area (Å²) in [7, 11) is 3.54. The molecule has 1 N–H and O–H groups in total. The number of pyridine rings is 1. The van der Waals surface area contributed by atoms with Crippen LogP contribution in [0.4, 0.5) is 0 Å². The van der Waals surface area contributed by atoms with E-state index >= 15 is 0 Å². The number of amides is 2. The minimum Gasteiger partial charge on any atom is -0.349 e. The number of rotatable bonds is 4. The molecule has 1 aromatic heterocycles. The molecular weight excluding hydrogens is 316 g/mol. The van der Waals surface area contributed by atoms with Gasteiger partial charge in [-0.25, -0.2) is 0 Å². The molecule has 0 radical (unpaired) electrons. The fraction of sp³-hybridized carbons (Fsp3) is 0.421. The largest absolute Gasteiger partial charge is 0.349 e. The van der Waals surface area contributed by atoms with E-state index in [2.05, 4.69) is 15.2 Å². The van der Waals surface area contributed by atoms with Crippen molar-refractivity contribution in [3.63, 3.8) is 0 Å². The molecule has 132 valence electrons. The van der Waals surface area contributed by atoms with E-state index < -0.39 is 0 Å². The van der Waals surface area contributed by atoms with Crippen LogP contribution in [0.25, 0.3) is 10.9 Å². The fourth-order valence-electron chi connectivity index (χ4n) is 3.13. The lowest BCUT2D eigenvalue weighted by molar-refractivity contribution is -0.130. The number of nitrogens with zero attached hydrogens (tertiary/aromatic N) is 3. The third-order valence-corrected chi connectivity index (χ3v) is 4.67. The Balaban J connectivity index is 1.58. The topological polar surface area (TPSA) is 65.5 Å². The number of hydrogen-bond acceptors (Lipinski definition) is 4. The number of aromatic nitrogens is 1. The van der Waals surface area contributed by atoms with Crippen LogP contribution < -0.4 is 5.32 Å². The van der Waals surface area contributed by atoms with Crippen LogP contribution in [-0.4, -0.2) is 66.4 Å². The first-order valence-corrected chi connectivity index (χ1v) is 8.61. The van der Waals surface area contributed by atoms with Crippen LogP contribution in [0, 0.1) is 0 Å². The van der Waals surface area contributed by atoms with Crippen LogP contribution in [0.2, 0.25) is 0 Å². The van der Waals surface area contributed by atoms with Gasteiger partial charge in [0.2, 0.25) is 5.91 Å². The molecule has 2 amide bonds. The number of likely N-dealkylation sites (N-methyl/N-ethyl adjacent to an activating group) is 1. The van der Waals surface area contributed by atoms with Gasteiger partial charge >= 0.3 is 0 Å². The van der Waals surface area contributed by atoms with Crippen molar-refractivity contribution in [1.29, 1.82) is 0 Å². The van der Waals surface area contributed by atoms with Gasteiger partial charge in [0, 0.05) is 44.8 Å². The van der Waals surface area contributed by atoms with Crippen LogP contribution in [0.1, 0.15) is 23.2 Å². The Kier molecular flexibility index (Phi) is 5.28. The number of para-hydroxylation sites is 1. The predicted molar refractivity (Wildman–Crippen MR) is 97.4 cm³/mol. The maximum Gasteiger partial charge on any atom is 0.252 e. The van der Waals surface area contributed by atoms with Gasteiger partial charge in [0.15, 0.2) is 0 Å². The molecule has 1 aromatic carbocycles. The van der Waals surface area contributed by atoms with Crippen LogP contribution in [-0.2, 0) is 4.79 Å². The van der Waals surface area contributed by atoms with Crippen molar-refractivity contribution in [3.05, 3.63) is 42.1 Å². The Hall–Kier alpha value is -2.47. The van der Waals surface area contributed by atoms with Crippen molar-refractivity contribution in [2.45, 2.75) is 18.9 Å². The zero-order valence-corrected chi connectivity index (χ0v) is 14.7. The molecule has 0 atom stereocenters. The van der Waals surface area contributed by atoms with Gasteiger partial charge in [0.05, 0.1) is 17.6 Å². The fourth-order valence-corrected chi connectivity index (χ4v) is 3.13. The Morgan fingerprint density at radius 1 is 1.20 bits per heavy atom. The molecule has 1 aliphatic heterocycles. The number of fused-ring (bicyclic) bond motifs is 1. The van der Waals surface area contributed by atoms with Crippen LogP contribution in [0.5, 0.6) is 0 Å². The molecule has 6 heteroatoms. The summed E-state index contributed by atoms with van der Waals surface area (Å²) in [6, 6.07) is 9.58. The van der Waals surface area contributed by atoms with Crippen molar-refractivity contribution in [3.8, 4) is 0 Å². The summed E-state index contributed by atoms with van der Waals surface area (Å²) in [6.07, 6.45) is 3.39. The summed E-state index contributed by atoms with van der Waals surface area (Å²) in [5.74, 6) is 0.0622. The van der Waals surface area contributed by atoms with Gasteiger partial charge in [0.1, 0.15) is 0 Å². The summed E-state index contributed by atoms with van der Waals surface area (Å²) in [6.45, 7) is 2.09. The van der Waals surface area contributed by atoms with E-state index in [-0.39, 0.29) is 17.9 Å². The molecule has 2 heterocycles. The van der Waals surface area contributed by atoms with Crippen molar-refractivity contribution in [1.82, 2.24) is 20.1 Å². The highest BCUT2D eigenvalue weighted by atomic mass is 16.2. The van der Waals surface area contributed by atoms with Crippen LogP contribution >= 0.6 is 0 Å². The molecule has 0 unspecified atom stereocenters. The van der Waals surface area contributed by atoms with E-state index in [4.69, 9.17) is 0 Å². The molecule has 0 spiro atoms. The van der Waals surface area contributed by atoms with Gasteiger partial charge in [-0.3, -0.25) is 19.5 Å². The summed E-state index contributed by atoms with van der Waals surface area (Å²) in [5, 5.41) is 4.01. The van der Waals surface area contributed by atoms with E-state index in [9.17, 15) is 9.59 Å². The molecule has 1 fully saturated rings. The van der Waals surface area contributed by atoms with Crippen molar-refractivity contribution < 1.29 is 9.59 Å². The molecule has 0 bridgehead atoms. The number of piperidine rings is 1. The standard InChI is InChI=1S/C19H24N4O2/c1-22(2)18(24)13-23-11-8-14(9-12-23)21-19(25)16-7-10-20-17-6-4-3-5-15(16)17/h3-7,10,14H,8-9,11-13H2,1-2H3,(H,21,25). The van der Waals surface area contributed by atoms with Gasteiger partial charge < -0.3 is 10.2 Å². The summed E-state index contributed by atoms with van der Waals surface area (Å²) in [5.41, 5.74) is 1.49. The second-order valence-corrected chi connectivity index (χ2v) is 6.69. The molecular formula is C19H24N4O2. The van der Waals surface area contributed by atoms with Gasteiger partial charge in [-0.2, -0.15) is 0 Å². The lowest BCUT2D eigenvalue weighted by Gasteiger charge is -2.32. The Labute approximate surface area is 147 Å². The maximum atomic E-state index is 12.7. The molecule has 3 rings (SSSR count). The SMILES string of the molecule is CN(C)C(=O)CN1CCC(NC(=O)c2ccnc3ccccc23)CC1. The van der Waals surface area contributed by atoms with E-state index in [0.717, 1.165) is 36.8 Å². The van der Waals surface area contributed by atoms with Gasteiger partial charge in [-0.1, -0.05) is 18.2 Å². The van der Waals surface area contributed by atoms with Crippen molar-refractivity contribution in [2.24, 2.45) is 0 Å². The quantitative estimate of drug-likeness (QED) is 0.916. The van der Waals surface area contributed by atoms with Crippen molar-refractivity contribution >= 4 is 22.7 Å². The van der Waals surface area contributed by atoms with Crippen molar-refractivity contribution in [2.75, 3.05) is 33.7 Å². The number of carbonyl (C=O) groups excluding carboxylic acids is 2. The van der Waals surface area contributed by atoms with Crippen LogP contribution in [0.3, 0.4) is 0 Å². The highest BCUT2D eigenvalue weighted by Crippen LogP contribution is 2.17. The number of hydrogen-bond donors (Lipinski definition) is 1. The first-order valence-electron chi connectivity index (χ1n) is 8.61. The number of likely N-dealkylation sites (tertiary alicyclic amines) is 1. The van der Waals surface area contributed by atoms with E-state index in [1.54, 1.807) is 31.3 Å². The Morgan fingerprint density at radius 3 is 2.64 bits per heavy atom. The second kappa shape index (κ2) is 7.61. The van der Waals surface area contributed by atoms with Crippen LogP contribution in [0.15, 0.2) is 36.5 Å². The number of carbonyl (C=O) groups is 2. The Morgan fingerprint density at radius 2 is 1.92 bits per heavy atom. The molecule has 0 saturated carbocycles. The summed E-state index contributed by atoms with van der Waals surface area (Å²) < 4.78 is 0. The smallest absolute Gasteiger partial charge is 0.252 e. The molecule has 6 nitrogen and oxygen atoms in total. The predicted octanol–water partition coefficient (Wildman–Crippen LogP) is 1.52. The highest BCUT2D eigenvalue weighted by Gasteiger charge is 2.23. The van der Waals surface area contributed by atoms with E-state index in [1.165, 1.54) is 0 Å². The first kappa shape index (κ1) is 17.4. The highest BCUT2D eigenvalue weighted by molar-refractivity contribution is 6.06. The first-order chi connectivity index (χ1) is 12.0. The molecule has 2 aromatic rings. The summed E-state index contributed by atoms with van der Waals surface area (Å²) in [4.78, 5) is 32.5. The van der Waals surface area contributed by atoms with Gasteiger partial charge in [-0.05, 0) is 25.0 Å². The van der Waals surface area contributed by atoms with Gasteiger partial charge in [0.25, 0.3) is 5.91 Å². The molecule has 1 saturated heterocycles. The monoisotopic (exact) mass is 340 g/mol. The minimum absolute atomic E-state index is 0.0542. The number of benzene rings is 1. The lowest BCUT2D eigenvalue weighted by atomic mass is 10.0. The molecule has 1 aliphatic rings. The lowest BCUT2D eigenvalue weighted by Crippen LogP contribution is -2.47.